The number of hydrogen-bond donors (Lipinski definition) is 2. The molecular formula is C24H29F2N5. The zero-order valence-electron chi connectivity index (χ0n) is 18.3. The van der Waals surface area contributed by atoms with Crippen LogP contribution in [0.3, 0.4) is 0 Å². The van der Waals surface area contributed by atoms with Crippen LogP contribution in [0.4, 0.5) is 20.5 Å². The van der Waals surface area contributed by atoms with E-state index in [0.717, 1.165) is 42.4 Å². The van der Waals surface area contributed by atoms with Gasteiger partial charge in [-0.3, -0.25) is 0 Å². The number of anilines is 2. The minimum absolute atomic E-state index is 0.289. The van der Waals surface area contributed by atoms with Crippen LogP contribution in [-0.2, 0) is 6.54 Å². The van der Waals surface area contributed by atoms with Gasteiger partial charge in [-0.25, -0.2) is 13.8 Å². The molecule has 0 bridgehead atoms. The third kappa shape index (κ3) is 4.77. The lowest BCUT2D eigenvalue weighted by atomic mass is 9.91. The van der Waals surface area contributed by atoms with Gasteiger partial charge in [-0.2, -0.15) is 4.98 Å². The number of aryl methyl sites for hydroxylation is 1. The van der Waals surface area contributed by atoms with Crippen LogP contribution >= 0.6 is 0 Å². The maximum atomic E-state index is 14.1. The molecule has 1 fully saturated rings. The quantitative estimate of drug-likeness (QED) is 0.594. The summed E-state index contributed by atoms with van der Waals surface area (Å²) in [5.74, 6) is 0.0551. The summed E-state index contributed by atoms with van der Waals surface area (Å²) >= 11 is 0. The van der Waals surface area contributed by atoms with Crippen LogP contribution in [-0.4, -0.2) is 36.1 Å². The molecule has 5 nitrogen and oxygen atoms in total. The van der Waals surface area contributed by atoms with E-state index in [1.54, 1.807) is 19.1 Å². The van der Waals surface area contributed by atoms with Crippen molar-refractivity contribution in [1.29, 1.82) is 0 Å². The summed E-state index contributed by atoms with van der Waals surface area (Å²) < 4.78 is 27.8. The topological polar surface area (TPSA) is 53.1 Å². The Bertz CT molecular complexity index is 1060. The summed E-state index contributed by atoms with van der Waals surface area (Å²) in [6, 6.07) is 11.9. The molecule has 7 heteroatoms. The van der Waals surface area contributed by atoms with Crippen molar-refractivity contribution in [3.05, 3.63) is 59.2 Å². The van der Waals surface area contributed by atoms with Gasteiger partial charge in [-0.15, -0.1) is 0 Å². The Morgan fingerprint density at radius 1 is 0.935 bits per heavy atom. The molecule has 0 spiro atoms. The summed E-state index contributed by atoms with van der Waals surface area (Å²) in [6.45, 7) is 1.91. The van der Waals surface area contributed by atoms with Crippen LogP contribution in [0.2, 0.25) is 0 Å². The molecule has 1 aliphatic rings. The zero-order chi connectivity index (χ0) is 22.0. The third-order valence-electron chi connectivity index (χ3n) is 6.00. The lowest BCUT2D eigenvalue weighted by Crippen LogP contribution is -2.37. The van der Waals surface area contributed by atoms with Crippen LogP contribution in [0.25, 0.3) is 10.9 Å². The molecule has 1 heterocycles. The summed E-state index contributed by atoms with van der Waals surface area (Å²) in [6.07, 6.45) is 3.86. The number of nitrogens with one attached hydrogen (secondary N) is 2. The molecule has 0 radical (unpaired) electrons. The normalized spacial score (nSPS) is 18.9. The highest BCUT2D eigenvalue weighted by Gasteiger charge is 2.22. The van der Waals surface area contributed by atoms with Gasteiger partial charge in [0.05, 0.1) is 5.52 Å². The molecule has 0 unspecified atom stereocenters. The molecule has 1 aromatic heterocycles. The Morgan fingerprint density at radius 2 is 1.65 bits per heavy atom. The van der Waals surface area contributed by atoms with Crippen molar-refractivity contribution < 1.29 is 8.78 Å². The average Bonchev–Trinajstić information content (AvgIpc) is 2.77. The first-order chi connectivity index (χ1) is 14.9. The molecule has 3 aromatic rings. The van der Waals surface area contributed by atoms with E-state index in [4.69, 9.17) is 9.97 Å². The van der Waals surface area contributed by atoms with Crippen LogP contribution < -0.4 is 15.5 Å². The number of halogens is 2. The molecule has 2 aromatic carbocycles. The first-order valence-corrected chi connectivity index (χ1v) is 10.8. The molecule has 31 heavy (non-hydrogen) atoms. The van der Waals surface area contributed by atoms with Crippen molar-refractivity contribution in [1.82, 2.24) is 15.3 Å². The second-order valence-electron chi connectivity index (χ2n) is 8.53. The summed E-state index contributed by atoms with van der Waals surface area (Å²) in [5.41, 5.74) is 1.64. The van der Waals surface area contributed by atoms with E-state index < -0.39 is 11.6 Å². The minimum Gasteiger partial charge on any atom is -0.362 e. The lowest BCUT2D eigenvalue weighted by Gasteiger charge is -2.30. The highest BCUT2D eigenvalue weighted by atomic mass is 19.2. The predicted octanol–water partition coefficient (Wildman–Crippen LogP) is 4.80. The number of hydrogen-bond acceptors (Lipinski definition) is 5. The number of aromatic nitrogens is 2. The van der Waals surface area contributed by atoms with Gasteiger partial charge in [0.1, 0.15) is 5.82 Å². The van der Waals surface area contributed by atoms with E-state index in [0.29, 0.717) is 29.7 Å². The van der Waals surface area contributed by atoms with Crippen molar-refractivity contribution in [3.8, 4) is 0 Å². The minimum atomic E-state index is -0.750. The van der Waals surface area contributed by atoms with E-state index in [-0.39, 0.29) is 6.04 Å². The van der Waals surface area contributed by atoms with Gasteiger partial charge in [-0.1, -0.05) is 24.3 Å². The van der Waals surface area contributed by atoms with Gasteiger partial charge in [0.25, 0.3) is 0 Å². The highest BCUT2D eigenvalue weighted by Crippen LogP contribution is 2.26. The standard InChI is InChI=1S/C24H29F2N5/c1-15-8-9-16(22(26)21(15)25)14-27-17-10-12-18(13-11-17)28-24-29-20-7-5-4-6-19(20)23(30-24)31(2)3/h4-9,17-18,27H,10-14H2,1-3H3,(H,28,29,30)/t17-,18+. The molecule has 0 amide bonds. The smallest absolute Gasteiger partial charge is 0.225 e. The third-order valence-corrected chi connectivity index (χ3v) is 6.00. The van der Waals surface area contributed by atoms with E-state index in [1.165, 1.54) is 0 Å². The number of nitrogens with zero attached hydrogens (tertiary/aromatic N) is 3. The van der Waals surface area contributed by atoms with E-state index in [9.17, 15) is 8.78 Å². The molecule has 0 atom stereocenters. The molecule has 0 saturated heterocycles. The van der Waals surface area contributed by atoms with Gasteiger partial charge in [0.15, 0.2) is 11.6 Å². The van der Waals surface area contributed by atoms with E-state index in [2.05, 4.69) is 10.6 Å². The molecule has 0 aliphatic heterocycles. The van der Waals surface area contributed by atoms with Crippen molar-refractivity contribution in [3.63, 3.8) is 0 Å². The molecule has 1 aliphatic carbocycles. The van der Waals surface area contributed by atoms with Crippen molar-refractivity contribution in [2.24, 2.45) is 0 Å². The fourth-order valence-corrected chi connectivity index (χ4v) is 4.17. The number of para-hydroxylation sites is 1. The largest absolute Gasteiger partial charge is 0.362 e. The van der Waals surface area contributed by atoms with Gasteiger partial charge in [-0.05, 0) is 50.3 Å². The molecule has 1 saturated carbocycles. The van der Waals surface area contributed by atoms with Crippen LogP contribution in [0.5, 0.6) is 0 Å². The van der Waals surface area contributed by atoms with Gasteiger partial charge < -0.3 is 15.5 Å². The van der Waals surface area contributed by atoms with E-state index >= 15 is 0 Å². The number of fused-ring (bicyclic) bond motifs is 1. The summed E-state index contributed by atoms with van der Waals surface area (Å²) in [7, 11) is 3.97. The van der Waals surface area contributed by atoms with E-state index in [1.807, 2.05) is 43.3 Å². The summed E-state index contributed by atoms with van der Waals surface area (Å²) in [4.78, 5) is 11.4. The fourth-order valence-electron chi connectivity index (χ4n) is 4.17. The van der Waals surface area contributed by atoms with Crippen molar-refractivity contribution >= 4 is 22.7 Å². The monoisotopic (exact) mass is 425 g/mol. The lowest BCUT2D eigenvalue weighted by molar-refractivity contribution is 0.349. The molecular weight excluding hydrogens is 396 g/mol. The molecule has 2 N–H and O–H groups in total. The van der Waals surface area contributed by atoms with Gasteiger partial charge >= 0.3 is 0 Å². The number of benzene rings is 2. The maximum Gasteiger partial charge on any atom is 0.225 e. The Labute approximate surface area is 181 Å². The van der Waals surface area contributed by atoms with Crippen LogP contribution in [0, 0.1) is 18.6 Å². The van der Waals surface area contributed by atoms with Crippen molar-refractivity contribution in [2.45, 2.75) is 51.2 Å². The average molecular weight is 426 g/mol. The fraction of sp³-hybridized carbons (Fsp3) is 0.417. The first-order valence-electron chi connectivity index (χ1n) is 10.8. The Kier molecular flexibility index (Phi) is 6.32. The molecule has 164 valence electrons. The van der Waals surface area contributed by atoms with Crippen molar-refractivity contribution in [2.75, 3.05) is 24.3 Å². The van der Waals surface area contributed by atoms with Crippen LogP contribution in [0.1, 0.15) is 36.8 Å². The SMILES string of the molecule is Cc1ccc(CN[C@H]2CC[C@@H](Nc3nc(N(C)C)c4ccccc4n3)CC2)c(F)c1F. The van der Waals surface area contributed by atoms with Crippen LogP contribution in [0.15, 0.2) is 36.4 Å². The Morgan fingerprint density at radius 3 is 2.39 bits per heavy atom. The Balaban J connectivity index is 1.35. The predicted molar refractivity (Wildman–Crippen MR) is 121 cm³/mol. The second kappa shape index (κ2) is 9.14. The maximum absolute atomic E-state index is 14.1. The first kappa shape index (κ1) is 21.4. The zero-order valence-corrected chi connectivity index (χ0v) is 18.3. The number of rotatable bonds is 6. The summed E-state index contributed by atoms with van der Waals surface area (Å²) in [5, 5.41) is 7.92. The Hall–Kier alpha value is -2.80. The van der Waals surface area contributed by atoms with Gasteiger partial charge in [0, 0.05) is 43.7 Å². The molecule has 4 rings (SSSR count). The van der Waals surface area contributed by atoms with Gasteiger partial charge in [0.2, 0.25) is 5.95 Å². The highest BCUT2D eigenvalue weighted by molar-refractivity contribution is 5.90. The second-order valence-corrected chi connectivity index (χ2v) is 8.53.